The third-order valence-electron chi connectivity index (χ3n) is 3.01. The van der Waals surface area contributed by atoms with Crippen LogP contribution in [0.3, 0.4) is 0 Å². The lowest BCUT2D eigenvalue weighted by molar-refractivity contribution is -0.385. The highest BCUT2D eigenvalue weighted by Crippen LogP contribution is 2.34. The minimum Gasteiger partial charge on any atom is -0.493 e. The number of hydrogen-bond donors (Lipinski definition) is 1. The first-order valence-corrected chi connectivity index (χ1v) is 8.03. The molecule has 138 valence electrons. The van der Waals surface area contributed by atoms with Gasteiger partial charge in [0.15, 0.2) is 23.3 Å². The summed E-state index contributed by atoms with van der Waals surface area (Å²) in [5.74, 6) is -0.422. The number of amidine groups is 1. The van der Waals surface area contributed by atoms with Gasteiger partial charge in [-0.3, -0.25) is 14.9 Å². The number of hydrogen-bond acceptors (Lipinski definition) is 10. The number of thioether (sulfide) groups is 1. The third-order valence-corrected chi connectivity index (χ3v) is 3.88. The van der Waals surface area contributed by atoms with Gasteiger partial charge in [0.2, 0.25) is 5.91 Å². The molecule has 1 aromatic carbocycles. The van der Waals surface area contributed by atoms with Gasteiger partial charge in [-0.15, -0.1) is 5.10 Å². The van der Waals surface area contributed by atoms with Crippen LogP contribution in [0.5, 0.6) is 11.5 Å². The molecule has 2 rings (SSSR count). The summed E-state index contributed by atoms with van der Waals surface area (Å²) in [5, 5.41) is 21.6. The second-order valence-electron chi connectivity index (χ2n) is 4.67. The highest BCUT2D eigenvalue weighted by atomic mass is 32.2. The van der Waals surface area contributed by atoms with Crippen LogP contribution in [0.25, 0.3) is 0 Å². The maximum atomic E-state index is 11.3. The first-order chi connectivity index (χ1) is 12.4. The van der Waals surface area contributed by atoms with Crippen LogP contribution in [-0.2, 0) is 14.3 Å². The van der Waals surface area contributed by atoms with Crippen LogP contribution in [0.1, 0.15) is 5.56 Å². The monoisotopic (exact) mass is 382 g/mol. The summed E-state index contributed by atoms with van der Waals surface area (Å²) in [4.78, 5) is 32.9. The third kappa shape index (κ3) is 4.92. The van der Waals surface area contributed by atoms with Crippen molar-refractivity contribution in [2.75, 3.05) is 26.6 Å². The topological polar surface area (TPSA) is 142 Å². The minimum absolute atomic E-state index is 0.00618. The van der Waals surface area contributed by atoms with E-state index in [1.165, 1.54) is 32.0 Å². The lowest BCUT2D eigenvalue weighted by Crippen LogP contribution is -2.19. The molecule has 1 heterocycles. The molecule has 0 aromatic heterocycles. The molecule has 12 heteroatoms. The van der Waals surface area contributed by atoms with Gasteiger partial charge in [0.05, 0.1) is 42.7 Å². The number of carbonyl (C=O) groups is 2. The number of benzene rings is 1. The summed E-state index contributed by atoms with van der Waals surface area (Å²) in [6.07, 6.45) is 1.16. The lowest BCUT2D eigenvalue weighted by Gasteiger charge is -2.10. The van der Waals surface area contributed by atoms with Crippen LogP contribution in [0.15, 0.2) is 22.3 Å². The SMILES string of the molecule is COC(=O)COc1cc([N+](=O)[O-])c(C=NN=C2NC(=O)CS2)cc1OC. The molecule has 1 N–H and O–H groups in total. The van der Waals surface area contributed by atoms with Crippen molar-refractivity contribution in [3.63, 3.8) is 0 Å². The average Bonchev–Trinajstić information content (AvgIpc) is 3.04. The second-order valence-corrected chi connectivity index (χ2v) is 5.63. The molecule has 1 aromatic rings. The van der Waals surface area contributed by atoms with Crippen LogP contribution < -0.4 is 14.8 Å². The zero-order chi connectivity index (χ0) is 19.1. The molecule has 0 saturated carbocycles. The van der Waals surface area contributed by atoms with Gasteiger partial charge >= 0.3 is 5.97 Å². The Bertz CT molecular complexity index is 794. The molecule has 11 nitrogen and oxygen atoms in total. The summed E-state index contributed by atoms with van der Waals surface area (Å²) >= 11 is 1.17. The van der Waals surface area contributed by atoms with E-state index in [9.17, 15) is 19.7 Å². The Morgan fingerprint density at radius 2 is 2.19 bits per heavy atom. The standard InChI is InChI=1S/C14H14N4O7S/c1-23-10-3-8(5-15-17-14-16-12(19)7-26-14)9(18(21)22)4-11(10)25-6-13(20)24-2/h3-5H,6-7H2,1-2H3,(H,16,17,19). The number of ether oxygens (including phenoxy) is 3. The lowest BCUT2D eigenvalue weighted by atomic mass is 10.1. The number of esters is 1. The van der Waals surface area contributed by atoms with E-state index in [-0.39, 0.29) is 34.4 Å². The van der Waals surface area contributed by atoms with Crippen molar-refractivity contribution in [3.8, 4) is 11.5 Å². The van der Waals surface area contributed by atoms with Gasteiger partial charge in [-0.05, 0) is 6.07 Å². The molecule has 1 aliphatic rings. The van der Waals surface area contributed by atoms with Gasteiger partial charge in [0, 0.05) is 0 Å². The molecule has 0 aliphatic carbocycles. The number of amides is 1. The van der Waals surface area contributed by atoms with Crippen molar-refractivity contribution in [1.29, 1.82) is 0 Å². The normalized spacial score (nSPS) is 15.2. The summed E-state index contributed by atoms with van der Waals surface area (Å²) in [6, 6.07) is 2.44. The molecular formula is C14H14N4O7S. The fourth-order valence-corrected chi connectivity index (χ4v) is 2.45. The predicted molar refractivity (Wildman–Crippen MR) is 92.8 cm³/mol. The Kier molecular flexibility index (Phi) is 6.49. The van der Waals surface area contributed by atoms with E-state index in [0.29, 0.717) is 5.17 Å². The Morgan fingerprint density at radius 3 is 2.77 bits per heavy atom. The quantitative estimate of drug-likeness (QED) is 0.314. The Labute approximate surface area is 151 Å². The van der Waals surface area contributed by atoms with Gasteiger partial charge < -0.3 is 19.5 Å². The average molecular weight is 382 g/mol. The van der Waals surface area contributed by atoms with E-state index < -0.39 is 17.5 Å². The molecule has 0 radical (unpaired) electrons. The molecule has 1 amide bonds. The number of nitro groups is 1. The Balaban J connectivity index is 2.28. The van der Waals surface area contributed by atoms with Crippen molar-refractivity contribution < 1.29 is 28.7 Å². The molecule has 1 aliphatic heterocycles. The number of methoxy groups -OCH3 is 2. The molecule has 1 saturated heterocycles. The first-order valence-electron chi connectivity index (χ1n) is 7.04. The second kappa shape index (κ2) is 8.80. The van der Waals surface area contributed by atoms with Crippen LogP contribution in [0.2, 0.25) is 0 Å². The molecular weight excluding hydrogens is 368 g/mol. The van der Waals surface area contributed by atoms with Crippen molar-refractivity contribution in [3.05, 3.63) is 27.8 Å². The number of nitrogens with zero attached hydrogens (tertiary/aromatic N) is 3. The summed E-state index contributed by atoms with van der Waals surface area (Å²) in [6.45, 7) is -0.429. The van der Waals surface area contributed by atoms with Crippen molar-refractivity contribution in [1.82, 2.24) is 5.32 Å². The summed E-state index contributed by atoms with van der Waals surface area (Å²) in [7, 11) is 2.54. The van der Waals surface area contributed by atoms with Crippen molar-refractivity contribution in [2.45, 2.75) is 0 Å². The maximum absolute atomic E-state index is 11.3. The number of carbonyl (C=O) groups excluding carboxylic acids is 2. The highest BCUT2D eigenvalue weighted by Gasteiger charge is 2.20. The van der Waals surface area contributed by atoms with Crippen LogP contribution in [0.4, 0.5) is 5.69 Å². The maximum Gasteiger partial charge on any atom is 0.343 e. The molecule has 0 atom stereocenters. The van der Waals surface area contributed by atoms with Crippen LogP contribution in [0, 0.1) is 10.1 Å². The fourth-order valence-electron chi connectivity index (χ4n) is 1.82. The minimum atomic E-state index is -0.646. The molecule has 26 heavy (non-hydrogen) atoms. The van der Waals surface area contributed by atoms with Crippen LogP contribution in [-0.4, -0.2) is 54.8 Å². The first kappa shape index (κ1) is 19.2. The number of nitro benzene ring substituents is 1. The summed E-state index contributed by atoms with van der Waals surface area (Å²) < 4.78 is 14.8. The summed E-state index contributed by atoms with van der Waals surface area (Å²) in [5.41, 5.74) is -0.214. The van der Waals surface area contributed by atoms with Crippen molar-refractivity contribution >= 4 is 40.7 Å². The Hall–Kier alpha value is -3.15. The van der Waals surface area contributed by atoms with Gasteiger partial charge in [-0.2, -0.15) is 5.10 Å². The fraction of sp³-hybridized carbons (Fsp3) is 0.286. The van der Waals surface area contributed by atoms with Gasteiger partial charge in [0.1, 0.15) is 0 Å². The molecule has 0 bridgehead atoms. The van der Waals surface area contributed by atoms with E-state index in [2.05, 4.69) is 20.3 Å². The molecule has 1 fully saturated rings. The van der Waals surface area contributed by atoms with Gasteiger partial charge in [0.25, 0.3) is 5.69 Å². The van der Waals surface area contributed by atoms with E-state index in [1.54, 1.807) is 0 Å². The van der Waals surface area contributed by atoms with Crippen LogP contribution >= 0.6 is 11.8 Å². The zero-order valence-electron chi connectivity index (χ0n) is 13.8. The predicted octanol–water partition coefficient (Wildman–Crippen LogP) is 0.708. The number of nitrogens with one attached hydrogen (secondary N) is 1. The van der Waals surface area contributed by atoms with Gasteiger partial charge in [-0.1, -0.05) is 11.8 Å². The smallest absolute Gasteiger partial charge is 0.343 e. The van der Waals surface area contributed by atoms with E-state index in [4.69, 9.17) is 9.47 Å². The van der Waals surface area contributed by atoms with Gasteiger partial charge in [-0.25, -0.2) is 4.79 Å². The Morgan fingerprint density at radius 1 is 1.42 bits per heavy atom. The molecule has 0 spiro atoms. The number of rotatable bonds is 7. The zero-order valence-corrected chi connectivity index (χ0v) is 14.6. The molecule has 0 unspecified atom stereocenters. The van der Waals surface area contributed by atoms with E-state index in [0.717, 1.165) is 12.3 Å². The largest absolute Gasteiger partial charge is 0.493 e. The van der Waals surface area contributed by atoms with E-state index in [1.807, 2.05) is 0 Å². The van der Waals surface area contributed by atoms with Crippen molar-refractivity contribution in [2.24, 2.45) is 10.2 Å². The van der Waals surface area contributed by atoms with E-state index >= 15 is 0 Å². The highest BCUT2D eigenvalue weighted by molar-refractivity contribution is 8.15.